The number of ketones is 1. The Hall–Kier alpha value is -4.82. The minimum atomic E-state index is -3.01. The Bertz CT molecular complexity index is 1560. The van der Waals surface area contributed by atoms with Crippen molar-refractivity contribution in [3.05, 3.63) is 60.2 Å². The predicted molar refractivity (Wildman–Crippen MR) is 182 cm³/mol. The number of nitrogens with zero attached hydrogens (tertiary/aromatic N) is 3. The molecule has 13 nitrogen and oxygen atoms in total. The number of fused-ring (bicyclic) bond motifs is 1. The van der Waals surface area contributed by atoms with Crippen molar-refractivity contribution in [2.24, 2.45) is 23.7 Å². The van der Waals surface area contributed by atoms with Gasteiger partial charge in [-0.15, -0.1) is 0 Å². The summed E-state index contributed by atoms with van der Waals surface area (Å²) in [5.41, 5.74) is 0.705. The number of Topliss-reactive ketones (excluding diaryl/α,β-unsaturated/α-hetero) is 1. The van der Waals surface area contributed by atoms with Crippen LogP contribution in [-0.2, 0) is 24.0 Å². The van der Waals surface area contributed by atoms with Crippen LogP contribution in [0.15, 0.2) is 48.9 Å². The summed E-state index contributed by atoms with van der Waals surface area (Å²) in [5, 5.41) is 10.3. The molecule has 0 radical (unpaired) electrons. The molecular formula is C36H47F2N7O6. The van der Waals surface area contributed by atoms with Crippen LogP contribution in [0.1, 0.15) is 82.4 Å². The molecule has 0 bridgehead atoms. The van der Waals surface area contributed by atoms with Gasteiger partial charge in [0.15, 0.2) is 0 Å². The molecule has 2 fully saturated rings. The van der Waals surface area contributed by atoms with Gasteiger partial charge in [-0.2, -0.15) is 0 Å². The van der Waals surface area contributed by atoms with Gasteiger partial charge in [-0.1, -0.05) is 64.4 Å². The van der Waals surface area contributed by atoms with Gasteiger partial charge in [0.1, 0.15) is 29.9 Å². The third-order valence-electron chi connectivity index (χ3n) is 9.62. The highest BCUT2D eigenvalue weighted by Gasteiger charge is 2.51. The number of halogens is 2. The van der Waals surface area contributed by atoms with Gasteiger partial charge < -0.3 is 26.2 Å². The van der Waals surface area contributed by atoms with E-state index in [1.807, 2.05) is 0 Å². The number of amides is 5. The van der Waals surface area contributed by atoms with Gasteiger partial charge in [0, 0.05) is 25.4 Å². The minimum Gasteiger partial charge on any atom is -0.344 e. The molecular weight excluding hydrogens is 664 g/mol. The Labute approximate surface area is 296 Å². The van der Waals surface area contributed by atoms with Crippen LogP contribution in [0, 0.1) is 23.7 Å². The maximum Gasteiger partial charge on any atom is 0.290 e. The monoisotopic (exact) mass is 711 g/mol. The van der Waals surface area contributed by atoms with Crippen molar-refractivity contribution < 1.29 is 37.5 Å². The molecule has 5 amide bonds. The van der Waals surface area contributed by atoms with E-state index in [0.717, 1.165) is 12.8 Å². The first-order valence-electron chi connectivity index (χ1n) is 17.3. The fourth-order valence-corrected chi connectivity index (χ4v) is 6.89. The van der Waals surface area contributed by atoms with E-state index in [1.165, 1.54) is 23.5 Å². The van der Waals surface area contributed by atoms with Crippen LogP contribution in [-0.4, -0.2) is 87.3 Å². The molecule has 1 aliphatic carbocycles. The second-order valence-electron chi connectivity index (χ2n) is 14.0. The number of benzene rings is 1. The number of nitrogens with one attached hydrogen (secondary N) is 4. The minimum absolute atomic E-state index is 0.0108. The van der Waals surface area contributed by atoms with Gasteiger partial charge in [0.2, 0.25) is 29.9 Å². The number of rotatable bonds is 15. The molecule has 4 rings (SSSR count). The van der Waals surface area contributed by atoms with Crippen LogP contribution in [0.25, 0.3) is 0 Å². The largest absolute Gasteiger partial charge is 0.344 e. The summed E-state index contributed by atoms with van der Waals surface area (Å²) >= 11 is 0. The third kappa shape index (κ3) is 9.70. The molecule has 2 aliphatic rings. The highest BCUT2D eigenvalue weighted by atomic mass is 19.3. The summed E-state index contributed by atoms with van der Waals surface area (Å²) < 4.78 is 27.4. The molecule has 7 atom stereocenters. The molecule has 4 N–H and O–H groups in total. The first-order chi connectivity index (χ1) is 24.2. The van der Waals surface area contributed by atoms with Crippen molar-refractivity contribution in [1.29, 1.82) is 0 Å². The van der Waals surface area contributed by atoms with E-state index in [0.29, 0.717) is 12.0 Å². The fraction of sp³-hybridized carbons (Fsp3) is 0.556. The van der Waals surface area contributed by atoms with E-state index in [9.17, 15) is 37.5 Å². The maximum atomic E-state index is 14.2. The summed E-state index contributed by atoms with van der Waals surface area (Å²) in [4.78, 5) is 89.9. The fourth-order valence-electron chi connectivity index (χ4n) is 6.89. The zero-order valence-corrected chi connectivity index (χ0v) is 29.5. The molecule has 1 aromatic carbocycles. The first-order valence-corrected chi connectivity index (χ1v) is 17.3. The van der Waals surface area contributed by atoms with Crippen LogP contribution < -0.4 is 21.3 Å². The Morgan fingerprint density at radius 1 is 0.863 bits per heavy atom. The molecule has 15 heteroatoms. The normalized spacial score (nSPS) is 20.7. The summed E-state index contributed by atoms with van der Waals surface area (Å²) in [6, 6.07) is 3.07. The van der Waals surface area contributed by atoms with E-state index in [2.05, 4.69) is 31.2 Å². The van der Waals surface area contributed by atoms with E-state index in [4.69, 9.17) is 0 Å². The highest BCUT2D eigenvalue weighted by molar-refractivity contribution is 6.38. The third-order valence-corrected chi connectivity index (χ3v) is 9.62. The average molecular weight is 712 g/mol. The SMILES string of the molecule is CC(C)[C@H](NC(=O)[C@H](NC(=O)c1cnccn1)C(C)C)C(=O)N1C[C@@H]2CCC[C@@H]2[C@H]1C(=O)NC(CC(F)F)C(=O)C(=O)N[C@@H](C)c1ccccc1. The quantitative estimate of drug-likeness (QED) is 0.204. The van der Waals surface area contributed by atoms with Crippen LogP contribution in [0.3, 0.4) is 0 Å². The van der Waals surface area contributed by atoms with Crippen molar-refractivity contribution in [2.45, 2.75) is 96.9 Å². The van der Waals surface area contributed by atoms with E-state index >= 15 is 0 Å². The molecule has 1 saturated carbocycles. The lowest BCUT2D eigenvalue weighted by molar-refractivity contribution is -0.145. The maximum absolute atomic E-state index is 14.2. The Morgan fingerprint density at radius 3 is 2.16 bits per heavy atom. The Balaban J connectivity index is 1.51. The number of aromatic nitrogens is 2. The van der Waals surface area contributed by atoms with Gasteiger partial charge in [0.25, 0.3) is 11.8 Å². The summed E-state index contributed by atoms with van der Waals surface area (Å²) in [5.74, 6) is -6.13. The number of hydrogen-bond donors (Lipinski definition) is 4. The molecule has 1 aromatic heterocycles. The summed E-state index contributed by atoms with van der Waals surface area (Å²) in [7, 11) is 0. The van der Waals surface area contributed by atoms with Gasteiger partial charge in [0.05, 0.1) is 12.2 Å². The van der Waals surface area contributed by atoms with Crippen molar-refractivity contribution in [1.82, 2.24) is 36.1 Å². The lowest BCUT2D eigenvalue weighted by Gasteiger charge is -2.34. The van der Waals surface area contributed by atoms with Gasteiger partial charge in [-0.3, -0.25) is 33.8 Å². The first kappa shape index (κ1) is 39.0. The second kappa shape index (κ2) is 17.4. The van der Waals surface area contributed by atoms with E-state index < -0.39 is 84.3 Å². The van der Waals surface area contributed by atoms with Crippen molar-refractivity contribution in [3.8, 4) is 0 Å². The number of hydrogen-bond acceptors (Lipinski definition) is 8. The van der Waals surface area contributed by atoms with Crippen molar-refractivity contribution in [3.63, 3.8) is 0 Å². The van der Waals surface area contributed by atoms with Crippen molar-refractivity contribution >= 4 is 35.3 Å². The molecule has 51 heavy (non-hydrogen) atoms. The lowest BCUT2D eigenvalue weighted by Crippen LogP contribution is -2.60. The number of carbonyl (C=O) groups is 6. The number of alkyl halides is 2. The Morgan fingerprint density at radius 2 is 1.55 bits per heavy atom. The second-order valence-corrected chi connectivity index (χ2v) is 14.0. The molecule has 1 unspecified atom stereocenters. The summed E-state index contributed by atoms with van der Waals surface area (Å²) in [6.45, 7) is 8.75. The Kier molecular flexibility index (Phi) is 13.3. The molecule has 0 spiro atoms. The van der Waals surface area contributed by atoms with Crippen LogP contribution >= 0.6 is 0 Å². The van der Waals surface area contributed by atoms with Gasteiger partial charge in [-0.05, 0) is 49.0 Å². The summed E-state index contributed by atoms with van der Waals surface area (Å²) in [6.07, 6.45) is 2.04. The van der Waals surface area contributed by atoms with Crippen LogP contribution in [0.2, 0.25) is 0 Å². The van der Waals surface area contributed by atoms with E-state index in [1.54, 1.807) is 65.0 Å². The van der Waals surface area contributed by atoms with Crippen LogP contribution in [0.4, 0.5) is 8.78 Å². The zero-order chi connectivity index (χ0) is 37.4. The smallest absolute Gasteiger partial charge is 0.290 e. The highest BCUT2D eigenvalue weighted by Crippen LogP contribution is 2.42. The zero-order valence-electron chi connectivity index (χ0n) is 29.5. The van der Waals surface area contributed by atoms with Gasteiger partial charge >= 0.3 is 0 Å². The topological polar surface area (TPSA) is 180 Å². The lowest BCUT2D eigenvalue weighted by atomic mass is 9.92. The average Bonchev–Trinajstić information content (AvgIpc) is 3.70. The molecule has 2 heterocycles. The molecule has 2 aromatic rings. The van der Waals surface area contributed by atoms with Crippen LogP contribution in [0.5, 0.6) is 0 Å². The molecule has 1 aliphatic heterocycles. The number of carbonyl (C=O) groups excluding carboxylic acids is 6. The standard InChI is InChI=1S/C36H47F2N7O6/c1-19(2)28(43-32(47)26-17-39-14-15-40-26)33(48)44-29(20(3)4)36(51)45-18-23-12-9-13-24(23)30(45)34(49)42-25(16-27(37)38)31(46)35(50)41-21(5)22-10-7-6-8-11-22/h6-8,10-11,14-15,17,19-21,23-25,27-30H,9,12-13,16,18H2,1-5H3,(H,41,50)(H,42,49)(H,43,47)(H,44,48)/t21-,23-,24-,25?,28+,29-,30-/m0/s1. The predicted octanol–water partition coefficient (Wildman–Crippen LogP) is 2.59. The van der Waals surface area contributed by atoms with Gasteiger partial charge in [-0.25, -0.2) is 13.8 Å². The number of likely N-dealkylation sites (tertiary alicyclic amines) is 1. The molecule has 1 saturated heterocycles. The molecule has 276 valence electrons. The van der Waals surface area contributed by atoms with E-state index in [-0.39, 0.29) is 30.0 Å². The van der Waals surface area contributed by atoms with Crippen molar-refractivity contribution in [2.75, 3.05) is 6.54 Å².